The maximum absolute atomic E-state index is 12.9. The smallest absolute Gasteiger partial charge is 0.343 e. The van der Waals surface area contributed by atoms with E-state index in [-0.39, 0.29) is 16.9 Å². The van der Waals surface area contributed by atoms with Crippen molar-refractivity contribution in [1.82, 2.24) is 9.55 Å². The number of carbonyl (C=O) groups excluding carboxylic acids is 1. The van der Waals surface area contributed by atoms with Crippen molar-refractivity contribution in [2.24, 2.45) is 7.05 Å². The van der Waals surface area contributed by atoms with Crippen molar-refractivity contribution >= 4 is 17.7 Å². The molecule has 8 nitrogen and oxygen atoms in total. The highest BCUT2D eigenvalue weighted by molar-refractivity contribution is 7.99. The molecule has 2 aromatic rings. The van der Waals surface area contributed by atoms with Crippen LogP contribution in [0.3, 0.4) is 0 Å². The summed E-state index contributed by atoms with van der Waals surface area (Å²) in [6.45, 7) is 2.07. The average Bonchev–Trinajstić information content (AvgIpc) is 3.01. The summed E-state index contributed by atoms with van der Waals surface area (Å²) in [6.07, 6.45) is 0.923. The predicted octanol–water partition coefficient (Wildman–Crippen LogP) is 2.66. The van der Waals surface area contributed by atoms with Gasteiger partial charge in [-0.05, 0) is 12.5 Å². The van der Waals surface area contributed by atoms with Crippen LogP contribution in [-0.2, 0) is 11.8 Å². The summed E-state index contributed by atoms with van der Waals surface area (Å²) >= 11 is 1.40. The number of ether oxygens (including phenoxy) is 3. The molecule has 1 N–H and O–H groups in total. The summed E-state index contributed by atoms with van der Waals surface area (Å²) in [5, 5.41) is 10.9. The zero-order chi connectivity index (χ0) is 20.4. The molecule has 1 aromatic carbocycles. The number of esters is 1. The van der Waals surface area contributed by atoms with Crippen LogP contribution in [0, 0.1) is 0 Å². The van der Waals surface area contributed by atoms with Crippen LogP contribution in [-0.4, -0.2) is 40.6 Å². The Morgan fingerprint density at radius 1 is 1.29 bits per heavy atom. The summed E-state index contributed by atoms with van der Waals surface area (Å²) in [6, 6.07) is 3.24. The van der Waals surface area contributed by atoms with E-state index in [9.17, 15) is 14.7 Å². The minimum Gasteiger partial charge on any atom is -0.493 e. The molecule has 150 valence electrons. The maximum atomic E-state index is 12.9. The number of methoxy groups -OCH3 is 2. The Balaban J connectivity index is 2.09. The van der Waals surface area contributed by atoms with Crippen molar-refractivity contribution in [2.45, 2.75) is 31.0 Å². The van der Waals surface area contributed by atoms with E-state index in [0.29, 0.717) is 16.5 Å². The van der Waals surface area contributed by atoms with Gasteiger partial charge in [-0.25, -0.2) is 4.79 Å². The molecule has 1 aromatic heterocycles. The summed E-state index contributed by atoms with van der Waals surface area (Å²) < 4.78 is 17.3. The summed E-state index contributed by atoms with van der Waals surface area (Å²) in [5.41, 5.74) is 0.0477. The molecule has 0 aliphatic carbocycles. The molecule has 0 spiro atoms. The van der Waals surface area contributed by atoms with Gasteiger partial charge in [-0.15, -0.1) is 0 Å². The van der Waals surface area contributed by atoms with Gasteiger partial charge in [-0.2, -0.15) is 4.98 Å². The molecule has 1 atom stereocenters. The van der Waals surface area contributed by atoms with Gasteiger partial charge in [-0.3, -0.25) is 9.36 Å². The average molecular weight is 406 g/mol. The molecule has 0 fully saturated rings. The number of rotatable bonds is 7. The zero-order valence-corrected chi connectivity index (χ0v) is 17.0. The third-order valence-corrected chi connectivity index (χ3v) is 5.66. The van der Waals surface area contributed by atoms with Gasteiger partial charge in [0.1, 0.15) is 11.1 Å². The second kappa shape index (κ2) is 8.14. The number of hydrogen-bond donors (Lipinski definition) is 1. The number of benzene rings is 1. The molecule has 0 bridgehead atoms. The molecule has 9 heteroatoms. The van der Waals surface area contributed by atoms with Gasteiger partial charge in [0.15, 0.2) is 22.8 Å². The van der Waals surface area contributed by atoms with Crippen LogP contribution >= 0.6 is 11.8 Å². The molecular weight excluding hydrogens is 384 g/mol. The second-order valence-corrected chi connectivity index (χ2v) is 7.31. The van der Waals surface area contributed by atoms with Crippen LogP contribution < -0.4 is 15.0 Å². The molecule has 0 saturated heterocycles. The van der Waals surface area contributed by atoms with Crippen molar-refractivity contribution in [3.05, 3.63) is 39.2 Å². The Morgan fingerprint density at radius 3 is 2.68 bits per heavy atom. The standard InChI is InChI=1S/C19H22N2O6S/c1-5-6-9-28-19-20-16(22)13(17(23)21(19)2)14-10-7-8-11(25-3)15(26-4)12(10)18(24)27-14/h7-8,14,22H,5-6,9H2,1-4H3/t14-/m0/s1. The summed E-state index contributed by atoms with van der Waals surface area (Å²) in [4.78, 5) is 29.6. The molecular formula is C19H22N2O6S. The van der Waals surface area contributed by atoms with E-state index < -0.39 is 23.5 Å². The minimum absolute atomic E-state index is 0.0818. The highest BCUT2D eigenvalue weighted by Crippen LogP contribution is 2.44. The van der Waals surface area contributed by atoms with E-state index >= 15 is 0 Å². The van der Waals surface area contributed by atoms with Crippen molar-refractivity contribution in [3.8, 4) is 17.4 Å². The van der Waals surface area contributed by atoms with Crippen LogP contribution in [0.4, 0.5) is 0 Å². The first-order chi connectivity index (χ1) is 13.4. The van der Waals surface area contributed by atoms with E-state index in [1.807, 2.05) is 0 Å². The predicted molar refractivity (Wildman–Crippen MR) is 104 cm³/mol. The molecule has 3 rings (SSSR count). The van der Waals surface area contributed by atoms with Crippen LogP contribution in [0.15, 0.2) is 22.1 Å². The Morgan fingerprint density at radius 2 is 2.04 bits per heavy atom. The molecule has 0 unspecified atom stereocenters. The number of carbonyl (C=O) groups is 1. The van der Waals surface area contributed by atoms with Crippen LogP contribution in [0.25, 0.3) is 0 Å². The lowest BCUT2D eigenvalue weighted by molar-refractivity contribution is 0.0446. The van der Waals surface area contributed by atoms with Gasteiger partial charge >= 0.3 is 5.97 Å². The van der Waals surface area contributed by atoms with E-state index in [0.717, 1.165) is 18.6 Å². The lowest BCUT2D eigenvalue weighted by Gasteiger charge is -2.15. The molecule has 0 saturated carbocycles. The van der Waals surface area contributed by atoms with Crippen molar-refractivity contribution < 1.29 is 24.1 Å². The molecule has 0 amide bonds. The first kappa shape index (κ1) is 20.1. The fraction of sp³-hybridized carbons (Fsp3) is 0.421. The SMILES string of the molecule is CCCCSc1nc(O)c([C@H]2OC(=O)c3c2ccc(OC)c3OC)c(=O)n1C. The summed E-state index contributed by atoms with van der Waals surface area (Å²) in [7, 11) is 4.46. The number of thioether (sulfide) groups is 1. The first-order valence-electron chi connectivity index (χ1n) is 8.83. The Labute approximate surface area is 166 Å². The van der Waals surface area contributed by atoms with Crippen LogP contribution in [0.1, 0.15) is 47.4 Å². The van der Waals surface area contributed by atoms with Gasteiger partial charge in [-0.1, -0.05) is 31.2 Å². The summed E-state index contributed by atoms with van der Waals surface area (Å²) in [5.74, 6) is 0.287. The van der Waals surface area contributed by atoms with E-state index in [1.54, 1.807) is 19.2 Å². The van der Waals surface area contributed by atoms with Gasteiger partial charge in [0.2, 0.25) is 5.88 Å². The van der Waals surface area contributed by atoms with Crippen molar-refractivity contribution in [1.29, 1.82) is 0 Å². The molecule has 28 heavy (non-hydrogen) atoms. The van der Waals surface area contributed by atoms with Gasteiger partial charge in [0, 0.05) is 18.4 Å². The molecule has 0 radical (unpaired) electrons. The van der Waals surface area contributed by atoms with Crippen molar-refractivity contribution in [2.75, 3.05) is 20.0 Å². The van der Waals surface area contributed by atoms with Crippen molar-refractivity contribution in [3.63, 3.8) is 0 Å². The topological polar surface area (TPSA) is 99.9 Å². The number of aromatic hydroxyl groups is 1. The lowest BCUT2D eigenvalue weighted by atomic mass is 9.99. The quantitative estimate of drug-likeness (QED) is 0.324. The highest BCUT2D eigenvalue weighted by atomic mass is 32.2. The fourth-order valence-corrected chi connectivity index (χ4v) is 4.11. The van der Waals surface area contributed by atoms with Crippen LogP contribution in [0.5, 0.6) is 17.4 Å². The molecule has 1 aliphatic heterocycles. The number of nitrogens with zero attached hydrogens (tertiary/aromatic N) is 2. The third-order valence-electron chi connectivity index (χ3n) is 4.54. The maximum Gasteiger partial charge on any atom is 0.343 e. The Bertz CT molecular complexity index is 972. The zero-order valence-electron chi connectivity index (χ0n) is 16.1. The Kier molecular flexibility index (Phi) is 5.83. The lowest BCUT2D eigenvalue weighted by Crippen LogP contribution is -2.26. The fourth-order valence-electron chi connectivity index (χ4n) is 3.07. The van der Waals surface area contributed by atoms with E-state index in [2.05, 4.69) is 11.9 Å². The van der Waals surface area contributed by atoms with Gasteiger partial charge in [0.25, 0.3) is 5.56 Å². The minimum atomic E-state index is -1.07. The Hall–Kier alpha value is -2.68. The second-order valence-electron chi connectivity index (χ2n) is 6.25. The van der Waals surface area contributed by atoms with E-state index in [1.165, 1.54) is 30.5 Å². The normalized spacial score (nSPS) is 15.3. The highest BCUT2D eigenvalue weighted by Gasteiger charge is 2.40. The van der Waals surface area contributed by atoms with Gasteiger partial charge < -0.3 is 19.3 Å². The first-order valence-corrected chi connectivity index (χ1v) is 9.81. The van der Waals surface area contributed by atoms with Crippen LogP contribution in [0.2, 0.25) is 0 Å². The van der Waals surface area contributed by atoms with E-state index in [4.69, 9.17) is 14.2 Å². The third kappa shape index (κ3) is 3.30. The molecule has 1 aliphatic rings. The molecule has 2 heterocycles. The number of aromatic nitrogens is 2. The number of unbranched alkanes of at least 4 members (excludes halogenated alkanes) is 1. The monoisotopic (exact) mass is 406 g/mol. The number of cyclic esters (lactones) is 1. The number of fused-ring (bicyclic) bond motifs is 1. The number of hydrogen-bond acceptors (Lipinski definition) is 8. The van der Waals surface area contributed by atoms with Gasteiger partial charge in [0.05, 0.1) is 14.2 Å². The largest absolute Gasteiger partial charge is 0.493 e.